The maximum absolute atomic E-state index is 6.20. The summed E-state index contributed by atoms with van der Waals surface area (Å²) in [7, 11) is 0. The van der Waals surface area contributed by atoms with E-state index in [4.69, 9.17) is 5.73 Å². The molecule has 2 rings (SSSR count). The molecular formula is C13H19N3. The van der Waals surface area contributed by atoms with Crippen LogP contribution in [0, 0.1) is 12.8 Å². The summed E-state index contributed by atoms with van der Waals surface area (Å²) in [5.41, 5.74) is 9.50. The molecule has 0 saturated heterocycles. The topological polar surface area (TPSA) is 43.3 Å². The molecule has 1 atom stereocenters. The minimum atomic E-state index is 0.0665. The van der Waals surface area contributed by atoms with E-state index in [0.717, 1.165) is 17.8 Å². The number of hydrogen-bond donors (Lipinski definition) is 1. The SMILES string of the molecule is Cc1cccn2c([C@H](N)CC(C)C)cnc12. The maximum atomic E-state index is 6.20. The van der Waals surface area contributed by atoms with Gasteiger partial charge in [0.25, 0.3) is 0 Å². The van der Waals surface area contributed by atoms with E-state index in [1.807, 2.05) is 18.5 Å². The summed E-state index contributed by atoms with van der Waals surface area (Å²) in [6.45, 7) is 6.45. The van der Waals surface area contributed by atoms with Gasteiger partial charge >= 0.3 is 0 Å². The first-order valence-electron chi connectivity index (χ1n) is 5.77. The second-order valence-corrected chi connectivity index (χ2v) is 4.80. The van der Waals surface area contributed by atoms with Gasteiger partial charge in [0.05, 0.1) is 11.9 Å². The van der Waals surface area contributed by atoms with Crippen molar-refractivity contribution in [1.29, 1.82) is 0 Å². The molecule has 0 bridgehead atoms. The summed E-state index contributed by atoms with van der Waals surface area (Å²) in [5.74, 6) is 0.602. The van der Waals surface area contributed by atoms with Crippen molar-refractivity contribution in [2.75, 3.05) is 0 Å². The summed E-state index contributed by atoms with van der Waals surface area (Å²) in [6.07, 6.45) is 4.92. The molecule has 0 spiro atoms. The number of rotatable bonds is 3. The van der Waals surface area contributed by atoms with E-state index in [1.165, 1.54) is 5.56 Å². The molecule has 3 nitrogen and oxygen atoms in total. The van der Waals surface area contributed by atoms with Crippen LogP contribution in [0.4, 0.5) is 0 Å². The van der Waals surface area contributed by atoms with Gasteiger partial charge in [-0.25, -0.2) is 4.98 Å². The molecule has 2 aromatic heterocycles. The third kappa shape index (κ3) is 1.95. The van der Waals surface area contributed by atoms with Crippen molar-refractivity contribution in [3.63, 3.8) is 0 Å². The van der Waals surface area contributed by atoms with Crippen LogP contribution >= 0.6 is 0 Å². The molecule has 0 radical (unpaired) electrons. The highest BCUT2D eigenvalue weighted by Gasteiger charge is 2.13. The van der Waals surface area contributed by atoms with E-state index in [1.54, 1.807) is 0 Å². The second kappa shape index (κ2) is 4.26. The fourth-order valence-electron chi connectivity index (χ4n) is 2.07. The lowest BCUT2D eigenvalue weighted by Gasteiger charge is -2.13. The average Bonchev–Trinajstić information content (AvgIpc) is 2.61. The van der Waals surface area contributed by atoms with Crippen LogP contribution in [0.3, 0.4) is 0 Å². The Kier molecular flexibility index (Phi) is 2.97. The molecular weight excluding hydrogens is 198 g/mol. The smallest absolute Gasteiger partial charge is 0.139 e. The molecule has 0 aromatic carbocycles. The van der Waals surface area contributed by atoms with E-state index in [0.29, 0.717) is 5.92 Å². The van der Waals surface area contributed by atoms with Crippen LogP contribution in [0.25, 0.3) is 5.65 Å². The van der Waals surface area contributed by atoms with Gasteiger partial charge < -0.3 is 10.1 Å². The largest absolute Gasteiger partial charge is 0.323 e. The second-order valence-electron chi connectivity index (χ2n) is 4.80. The van der Waals surface area contributed by atoms with Gasteiger partial charge in [-0.2, -0.15) is 0 Å². The standard InChI is InChI=1S/C13H19N3/c1-9(2)7-11(14)12-8-15-13-10(3)5-4-6-16(12)13/h4-6,8-9,11H,7,14H2,1-3H3/t11-/m1/s1. The minimum Gasteiger partial charge on any atom is -0.323 e. The van der Waals surface area contributed by atoms with Gasteiger partial charge in [0.15, 0.2) is 0 Å². The van der Waals surface area contributed by atoms with Crippen molar-refractivity contribution >= 4 is 5.65 Å². The number of hydrogen-bond acceptors (Lipinski definition) is 2. The number of aryl methyl sites for hydroxylation is 1. The van der Waals surface area contributed by atoms with E-state index in [2.05, 4.69) is 36.2 Å². The first kappa shape index (κ1) is 11.1. The normalized spacial score (nSPS) is 13.6. The monoisotopic (exact) mass is 217 g/mol. The van der Waals surface area contributed by atoms with Crippen molar-refractivity contribution in [2.45, 2.75) is 33.2 Å². The third-order valence-corrected chi connectivity index (χ3v) is 2.86. The number of pyridine rings is 1. The van der Waals surface area contributed by atoms with E-state index in [9.17, 15) is 0 Å². The Labute approximate surface area is 96.3 Å². The minimum absolute atomic E-state index is 0.0665. The van der Waals surface area contributed by atoms with Gasteiger partial charge in [0.2, 0.25) is 0 Å². The van der Waals surface area contributed by atoms with Crippen molar-refractivity contribution < 1.29 is 0 Å². The molecule has 0 saturated carbocycles. The van der Waals surface area contributed by atoms with E-state index in [-0.39, 0.29) is 6.04 Å². The highest BCUT2D eigenvalue weighted by atomic mass is 15.0. The molecule has 2 N–H and O–H groups in total. The number of aromatic nitrogens is 2. The molecule has 0 fully saturated rings. The summed E-state index contributed by atoms with van der Waals surface area (Å²) in [4.78, 5) is 4.43. The summed E-state index contributed by atoms with van der Waals surface area (Å²) in [6, 6.07) is 4.17. The zero-order valence-electron chi connectivity index (χ0n) is 10.1. The molecule has 0 unspecified atom stereocenters. The molecule has 3 heteroatoms. The van der Waals surface area contributed by atoms with Crippen LogP contribution in [0.5, 0.6) is 0 Å². The number of nitrogens with two attached hydrogens (primary N) is 1. The first-order valence-corrected chi connectivity index (χ1v) is 5.77. The van der Waals surface area contributed by atoms with Gasteiger partial charge in [0, 0.05) is 12.2 Å². The van der Waals surface area contributed by atoms with Crippen LogP contribution in [0.15, 0.2) is 24.5 Å². The first-order chi connectivity index (χ1) is 7.59. The molecule has 0 aliphatic heterocycles. The zero-order chi connectivity index (χ0) is 11.7. The molecule has 16 heavy (non-hydrogen) atoms. The Bertz CT molecular complexity index is 485. The van der Waals surface area contributed by atoms with Crippen LogP contribution in [0.1, 0.15) is 37.6 Å². The fraction of sp³-hybridized carbons (Fsp3) is 0.462. The van der Waals surface area contributed by atoms with Crippen LogP contribution < -0.4 is 5.73 Å². The number of fused-ring (bicyclic) bond motifs is 1. The lowest BCUT2D eigenvalue weighted by molar-refractivity contribution is 0.500. The summed E-state index contributed by atoms with van der Waals surface area (Å²) in [5, 5.41) is 0. The Balaban J connectivity index is 2.42. The molecule has 0 aliphatic carbocycles. The lowest BCUT2D eigenvalue weighted by Crippen LogP contribution is -2.15. The molecule has 2 aromatic rings. The quantitative estimate of drug-likeness (QED) is 0.859. The number of imidazole rings is 1. The van der Waals surface area contributed by atoms with Crippen LogP contribution in [-0.4, -0.2) is 9.38 Å². The maximum Gasteiger partial charge on any atom is 0.139 e. The van der Waals surface area contributed by atoms with E-state index < -0.39 is 0 Å². The summed E-state index contributed by atoms with van der Waals surface area (Å²) >= 11 is 0. The number of nitrogens with zero attached hydrogens (tertiary/aromatic N) is 2. The van der Waals surface area contributed by atoms with Crippen molar-refractivity contribution in [2.24, 2.45) is 11.7 Å². The Morgan fingerprint density at radius 3 is 2.88 bits per heavy atom. The zero-order valence-corrected chi connectivity index (χ0v) is 10.1. The van der Waals surface area contributed by atoms with Gasteiger partial charge in [-0.1, -0.05) is 19.9 Å². The molecule has 0 amide bonds. The molecule has 0 aliphatic rings. The highest BCUT2D eigenvalue weighted by Crippen LogP contribution is 2.20. The highest BCUT2D eigenvalue weighted by molar-refractivity contribution is 5.48. The Morgan fingerprint density at radius 2 is 2.19 bits per heavy atom. The Morgan fingerprint density at radius 1 is 1.44 bits per heavy atom. The Hall–Kier alpha value is -1.35. The molecule has 86 valence electrons. The third-order valence-electron chi connectivity index (χ3n) is 2.86. The molecule has 2 heterocycles. The lowest BCUT2D eigenvalue weighted by atomic mass is 10.0. The van der Waals surface area contributed by atoms with Gasteiger partial charge in [-0.05, 0) is 30.9 Å². The summed E-state index contributed by atoms with van der Waals surface area (Å²) < 4.78 is 2.10. The van der Waals surface area contributed by atoms with Crippen molar-refractivity contribution in [1.82, 2.24) is 9.38 Å². The average molecular weight is 217 g/mol. The predicted molar refractivity (Wildman–Crippen MR) is 66.3 cm³/mol. The van der Waals surface area contributed by atoms with Crippen molar-refractivity contribution in [3.05, 3.63) is 35.8 Å². The van der Waals surface area contributed by atoms with Gasteiger partial charge in [0.1, 0.15) is 5.65 Å². The van der Waals surface area contributed by atoms with Gasteiger partial charge in [-0.3, -0.25) is 0 Å². The van der Waals surface area contributed by atoms with Crippen molar-refractivity contribution in [3.8, 4) is 0 Å². The van der Waals surface area contributed by atoms with Crippen LogP contribution in [0.2, 0.25) is 0 Å². The van der Waals surface area contributed by atoms with Crippen LogP contribution in [-0.2, 0) is 0 Å². The van der Waals surface area contributed by atoms with E-state index >= 15 is 0 Å². The fourth-order valence-corrected chi connectivity index (χ4v) is 2.07. The predicted octanol–water partition coefficient (Wildman–Crippen LogP) is 2.69. The van der Waals surface area contributed by atoms with Gasteiger partial charge in [-0.15, -0.1) is 0 Å².